The zero-order valence-electron chi connectivity index (χ0n) is 5.17. The van der Waals surface area contributed by atoms with Crippen LogP contribution in [0.15, 0.2) is 0 Å². The largest absolute Gasteiger partial charge is 0.390 e. The molecule has 2 unspecified atom stereocenters. The lowest BCUT2D eigenvalue weighted by Gasteiger charge is -2.10. The van der Waals surface area contributed by atoms with Crippen molar-refractivity contribution in [2.24, 2.45) is 0 Å². The number of aliphatic hydroxyl groups is 2. The Morgan fingerprint density at radius 1 is 1.50 bits per heavy atom. The van der Waals surface area contributed by atoms with Gasteiger partial charge in [-0.25, -0.2) is 0 Å². The molecule has 0 aliphatic heterocycles. The van der Waals surface area contributed by atoms with Gasteiger partial charge in [0.25, 0.3) is 0 Å². The minimum atomic E-state index is -0.824. The zero-order chi connectivity index (χ0) is 6.57. The van der Waals surface area contributed by atoms with Crippen molar-refractivity contribution < 1.29 is 10.2 Å². The summed E-state index contributed by atoms with van der Waals surface area (Å²) in [6.45, 7) is 5.21. The van der Waals surface area contributed by atoms with Crippen LogP contribution in [-0.2, 0) is 0 Å². The minimum absolute atomic E-state index is 0.630. The van der Waals surface area contributed by atoms with Gasteiger partial charge in [0, 0.05) is 0 Å². The van der Waals surface area contributed by atoms with Crippen molar-refractivity contribution in [2.75, 3.05) is 0 Å². The van der Waals surface area contributed by atoms with Gasteiger partial charge in [0.05, 0.1) is 12.2 Å². The normalized spacial score (nSPS) is 18.0. The van der Waals surface area contributed by atoms with Crippen LogP contribution >= 0.6 is 0 Å². The molecule has 0 saturated carbocycles. The summed E-state index contributed by atoms with van der Waals surface area (Å²) in [5.41, 5.74) is 0. The van der Waals surface area contributed by atoms with E-state index in [2.05, 4.69) is 6.92 Å². The molecule has 0 aromatic carbocycles. The molecule has 2 atom stereocenters. The molecule has 1 radical (unpaired) electrons. The summed E-state index contributed by atoms with van der Waals surface area (Å²) < 4.78 is 0. The molecule has 2 heteroatoms. The van der Waals surface area contributed by atoms with E-state index in [0.29, 0.717) is 6.42 Å². The van der Waals surface area contributed by atoms with E-state index >= 15 is 0 Å². The molecule has 0 heterocycles. The molecule has 0 rings (SSSR count). The fourth-order valence-electron chi connectivity index (χ4n) is 0.488. The molecular formula is C6H13O2. The maximum absolute atomic E-state index is 8.81. The molecule has 0 saturated heterocycles. The molecule has 0 bridgehead atoms. The van der Waals surface area contributed by atoms with Gasteiger partial charge in [-0.05, 0) is 13.3 Å². The number of aliphatic hydroxyl groups excluding tert-OH is 2. The molecule has 2 N–H and O–H groups in total. The quantitative estimate of drug-likeness (QED) is 0.559. The lowest BCUT2D eigenvalue weighted by atomic mass is 10.1. The van der Waals surface area contributed by atoms with E-state index < -0.39 is 12.2 Å². The average Bonchev–Trinajstić information content (AvgIpc) is 1.67. The summed E-state index contributed by atoms with van der Waals surface area (Å²) in [5, 5.41) is 17.4. The van der Waals surface area contributed by atoms with Gasteiger partial charge in [-0.1, -0.05) is 13.3 Å². The van der Waals surface area contributed by atoms with E-state index in [0.717, 1.165) is 6.42 Å². The highest BCUT2D eigenvalue weighted by molar-refractivity contribution is 4.67. The second kappa shape index (κ2) is 3.87. The summed E-state index contributed by atoms with van der Waals surface area (Å²) in [4.78, 5) is 0. The third-order valence-corrected chi connectivity index (χ3v) is 1.03. The lowest BCUT2D eigenvalue weighted by Crippen LogP contribution is -2.21. The fourth-order valence-corrected chi connectivity index (χ4v) is 0.488. The number of hydrogen-bond donors (Lipinski definition) is 2. The van der Waals surface area contributed by atoms with Crippen LogP contribution in [-0.4, -0.2) is 22.4 Å². The first-order valence-corrected chi connectivity index (χ1v) is 2.87. The van der Waals surface area contributed by atoms with Crippen molar-refractivity contribution in [2.45, 2.75) is 32.0 Å². The summed E-state index contributed by atoms with van der Waals surface area (Å²) >= 11 is 0. The SMILES string of the molecule is [CH2]C(O)C(O)CCC. The molecule has 49 valence electrons. The van der Waals surface area contributed by atoms with Gasteiger partial charge < -0.3 is 10.2 Å². The van der Waals surface area contributed by atoms with Crippen molar-refractivity contribution in [3.63, 3.8) is 0 Å². The first-order chi connectivity index (χ1) is 3.68. The molecule has 0 aromatic rings. The summed E-state index contributed by atoms with van der Waals surface area (Å²) in [7, 11) is 0. The van der Waals surface area contributed by atoms with Gasteiger partial charge in [-0.15, -0.1) is 0 Å². The highest BCUT2D eigenvalue weighted by Crippen LogP contribution is 1.99. The Morgan fingerprint density at radius 2 is 2.00 bits per heavy atom. The molecule has 0 aromatic heterocycles. The van der Waals surface area contributed by atoms with E-state index in [1.807, 2.05) is 6.92 Å². The van der Waals surface area contributed by atoms with Gasteiger partial charge in [0.2, 0.25) is 0 Å². The zero-order valence-corrected chi connectivity index (χ0v) is 5.17. The third kappa shape index (κ3) is 2.99. The predicted octanol–water partition coefficient (Wildman–Crippen LogP) is 0.342. The van der Waals surface area contributed by atoms with Gasteiger partial charge >= 0.3 is 0 Å². The Hall–Kier alpha value is -0.0800. The fraction of sp³-hybridized carbons (Fsp3) is 0.833. The van der Waals surface area contributed by atoms with Gasteiger partial charge in [0.15, 0.2) is 0 Å². The summed E-state index contributed by atoms with van der Waals surface area (Å²) in [6.07, 6.45) is 0.0493. The van der Waals surface area contributed by atoms with E-state index in [4.69, 9.17) is 10.2 Å². The maximum Gasteiger partial charge on any atom is 0.0800 e. The molecule has 2 nitrogen and oxygen atoms in total. The van der Waals surface area contributed by atoms with Crippen molar-refractivity contribution in [3.05, 3.63) is 6.92 Å². The van der Waals surface area contributed by atoms with Crippen LogP contribution in [0.25, 0.3) is 0 Å². The minimum Gasteiger partial charge on any atom is -0.390 e. The van der Waals surface area contributed by atoms with Gasteiger partial charge in [0.1, 0.15) is 0 Å². The van der Waals surface area contributed by atoms with E-state index in [1.54, 1.807) is 0 Å². The van der Waals surface area contributed by atoms with Crippen molar-refractivity contribution >= 4 is 0 Å². The Balaban J connectivity index is 3.17. The maximum atomic E-state index is 8.81. The van der Waals surface area contributed by atoms with Crippen LogP contribution < -0.4 is 0 Å². The molecule has 0 aliphatic carbocycles. The third-order valence-electron chi connectivity index (χ3n) is 1.03. The van der Waals surface area contributed by atoms with Crippen LogP contribution in [0.1, 0.15) is 19.8 Å². The summed E-state index contributed by atoms with van der Waals surface area (Å²) in [5.74, 6) is 0. The molecule has 0 spiro atoms. The first kappa shape index (κ1) is 7.92. The standard InChI is InChI=1S/C6H13O2/c1-3-4-6(8)5(2)7/h5-8H,2-4H2,1H3. The molecule has 0 aliphatic rings. The van der Waals surface area contributed by atoms with Crippen LogP contribution in [0.3, 0.4) is 0 Å². The highest BCUT2D eigenvalue weighted by atomic mass is 16.3. The Bertz CT molecular complexity index is 52.5. The monoisotopic (exact) mass is 117 g/mol. The van der Waals surface area contributed by atoms with Gasteiger partial charge in [-0.2, -0.15) is 0 Å². The van der Waals surface area contributed by atoms with E-state index in [1.165, 1.54) is 0 Å². The topological polar surface area (TPSA) is 40.5 Å². The van der Waals surface area contributed by atoms with E-state index in [-0.39, 0.29) is 0 Å². The highest BCUT2D eigenvalue weighted by Gasteiger charge is 2.07. The second-order valence-corrected chi connectivity index (χ2v) is 1.92. The molecule has 0 fully saturated rings. The predicted molar refractivity (Wildman–Crippen MR) is 32.3 cm³/mol. The van der Waals surface area contributed by atoms with Crippen molar-refractivity contribution in [3.8, 4) is 0 Å². The van der Waals surface area contributed by atoms with E-state index in [9.17, 15) is 0 Å². The summed E-state index contributed by atoms with van der Waals surface area (Å²) in [6, 6.07) is 0. The number of rotatable bonds is 3. The second-order valence-electron chi connectivity index (χ2n) is 1.92. The first-order valence-electron chi connectivity index (χ1n) is 2.87. The van der Waals surface area contributed by atoms with Crippen LogP contribution in [0.4, 0.5) is 0 Å². The number of hydrogen-bond acceptors (Lipinski definition) is 2. The van der Waals surface area contributed by atoms with Crippen LogP contribution in [0, 0.1) is 6.92 Å². The Kier molecular flexibility index (Phi) is 3.83. The van der Waals surface area contributed by atoms with Crippen molar-refractivity contribution in [1.29, 1.82) is 0 Å². The lowest BCUT2D eigenvalue weighted by molar-refractivity contribution is 0.0411. The van der Waals surface area contributed by atoms with Gasteiger partial charge in [-0.3, -0.25) is 0 Å². The molecular weight excluding hydrogens is 104 g/mol. The smallest absolute Gasteiger partial charge is 0.0800 e. The molecule has 0 amide bonds. The van der Waals surface area contributed by atoms with Crippen LogP contribution in [0.2, 0.25) is 0 Å². The Morgan fingerprint density at radius 3 is 2.12 bits per heavy atom. The van der Waals surface area contributed by atoms with Crippen molar-refractivity contribution in [1.82, 2.24) is 0 Å². The molecule has 8 heavy (non-hydrogen) atoms. The Labute approximate surface area is 50.2 Å². The van der Waals surface area contributed by atoms with Crippen LogP contribution in [0.5, 0.6) is 0 Å². The average molecular weight is 117 g/mol.